The maximum absolute atomic E-state index is 12.3. The highest BCUT2D eigenvalue weighted by atomic mass is 35.5. The van der Waals surface area contributed by atoms with Crippen molar-refractivity contribution in [3.63, 3.8) is 0 Å². The second-order valence-electron chi connectivity index (χ2n) is 7.42. The Kier molecular flexibility index (Phi) is 7.42. The van der Waals surface area contributed by atoms with E-state index in [2.05, 4.69) is 49.4 Å². The molecule has 7 nitrogen and oxygen atoms in total. The van der Waals surface area contributed by atoms with Crippen molar-refractivity contribution in [2.45, 2.75) is 6.54 Å². The van der Waals surface area contributed by atoms with E-state index in [0.717, 1.165) is 38.5 Å². The smallest absolute Gasteiger partial charge is 0.263 e. The first-order valence-corrected chi connectivity index (χ1v) is 11.0. The Balaban J connectivity index is 1.28. The predicted molar refractivity (Wildman–Crippen MR) is 127 cm³/mol. The fourth-order valence-electron chi connectivity index (χ4n) is 3.48. The zero-order valence-electron chi connectivity index (χ0n) is 17.4. The maximum Gasteiger partial charge on any atom is 0.263 e. The fraction of sp³-hybridized carbons (Fsp3) is 0.261. The number of piperazine rings is 1. The first-order valence-electron chi connectivity index (χ1n) is 10.3. The topological polar surface area (TPSA) is 70.6 Å². The molecule has 0 bridgehead atoms. The van der Waals surface area contributed by atoms with Gasteiger partial charge >= 0.3 is 0 Å². The van der Waals surface area contributed by atoms with Crippen molar-refractivity contribution < 1.29 is 9.53 Å². The van der Waals surface area contributed by atoms with E-state index in [1.165, 1.54) is 11.9 Å². The van der Waals surface area contributed by atoms with E-state index in [1.807, 2.05) is 6.07 Å². The van der Waals surface area contributed by atoms with Crippen LogP contribution in [0.4, 0.5) is 11.6 Å². The average molecular weight is 472 g/mol. The summed E-state index contributed by atoms with van der Waals surface area (Å²) < 4.78 is 5.47. The summed E-state index contributed by atoms with van der Waals surface area (Å²) in [5, 5.41) is 3.59. The van der Waals surface area contributed by atoms with E-state index in [4.69, 9.17) is 27.9 Å². The Labute approximate surface area is 196 Å². The van der Waals surface area contributed by atoms with Gasteiger partial charge in [-0.1, -0.05) is 53.5 Å². The minimum atomic E-state index is -0.339. The molecule has 0 spiro atoms. The van der Waals surface area contributed by atoms with Crippen LogP contribution in [0.15, 0.2) is 60.9 Å². The number of ether oxygens (including phenoxy) is 1. The van der Waals surface area contributed by atoms with Gasteiger partial charge in [-0.25, -0.2) is 9.97 Å². The van der Waals surface area contributed by atoms with Gasteiger partial charge in [0.1, 0.15) is 23.7 Å². The third-order valence-corrected chi connectivity index (χ3v) is 5.65. The number of amides is 1. The van der Waals surface area contributed by atoms with Gasteiger partial charge < -0.3 is 15.0 Å². The fourth-order valence-corrected chi connectivity index (χ4v) is 3.94. The van der Waals surface area contributed by atoms with Gasteiger partial charge in [0.05, 0.1) is 5.02 Å². The molecule has 9 heteroatoms. The summed E-state index contributed by atoms with van der Waals surface area (Å²) in [6, 6.07) is 17.1. The minimum Gasteiger partial charge on any atom is -0.482 e. The number of aromatic nitrogens is 2. The van der Waals surface area contributed by atoms with E-state index in [1.54, 1.807) is 24.3 Å². The molecule has 166 valence electrons. The molecular formula is C23H23Cl2N5O2. The lowest BCUT2D eigenvalue weighted by Crippen LogP contribution is -2.46. The largest absolute Gasteiger partial charge is 0.482 e. The van der Waals surface area contributed by atoms with Crippen molar-refractivity contribution in [1.82, 2.24) is 14.9 Å². The number of hydrogen-bond donors (Lipinski definition) is 1. The summed E-state index contributed by atoms with van der Waals surface area (Å²) in [5.41, 5.74) is 1.31. The van der Waals surface area contributed by atoms with Crippen LogP contribution >= 0.6 is 23.2 Å². The van der Waals surface area contributed by atoms with Crippen molar-refractivity contribution >= 4 is 40.7 Å². The van der Waals surface area contributed by atoms with Gasteiger partial charge in [-0.15, -0.1) is 0 Å². The molecule has 1 aromatic heterocycles. The lowest BCUT2D eigenvalue weighted by Gasteiger charge is -2.35. The van der Waals surface area contributed by atoms with Crippen LogP contribution in [0.25, 0.3) is 0 Å². The molecule has 0 radical (unpaired) electrons. The molecular weight excluding hydrogens is 449 g/mol. The summed E-state index contributed by atoms with van der Waals surface area (Å²) in [4.78, 5) is 25.4. The van der Waals surface area contributed by atoms with Crippen LogP contribution in [-0.2, 0) is 11.3 Å². The number of anilines is 2. The van der Waals surface area contributed by atoms with Gasteiger partial charge in [0, 0.05) is 43.8 Å². The molecule has 0 unspecified atom stereocenters. The summed E-state index contributed by atoms with van der Waals surface area (Å²) in [7, 11) is 0. The number of benzene rings is 2. The van der Waals surface area contributed by atoms with E-state index < -0.39 is 0 Å². The normalized spacial score (nSPS) is 14.2. The Morgan fingerprint density at radius 3 is 2.53 bits per heavy atom. The van der Waals surface area contributed by atoms with Gasteiger partial charge in [-0.05, 0) is 23.8 Å². The van der Waals surface area contributed by atoms with Crippen molar-refractivity contribution in [1.29, 1.82) is 0 Å². The summed E-state index contributed by atoms with van der Waals surface area (Å²) in [5.74, 6) is 1.27. The van der Waals surface area contributed by atoms with Crippen LogP contribution in [-0.4, -0.2) is 53.6 Å². The molecule has 3 aromatic rings. The Bertz CT molecular complexity index is 1060. The van der Waals surface area contributed by atoms with Crippen LogP contribution in [0, 0.1) is 0 Å². The van der Waals surface area contributed by atoms with Crippen LogP contribution in [0.1, 0.15) is 5.56 Å². The SMILES string of the molecule is O=C(COc1ccc(Cl)cc1Cl)Nc1cc(N2CCN(Cc3ccccc3)CC2)ncn1. The molecule has 2 heterocycles. The highest BCUT2D eigenvalue weighted by Gasteiger charge is 2.19. The molecule has 1 fully saturated rings. The molecule has 1 aliphatic heterocycles. The lowest BCUT2D eigenvalue weighted by molar-refractivity contribution is -0.118. The second-order valence-corrected chi connectivity index (χ2v) is 8.27. The minimum absolute atomic E-state index is 0.196. The average Bonchev–Trinajstić information content (AvgIpc) is 2.80. The number of nitrogens with one attached hydrogen (secondary N) is 1. The van der Waals surface area contributed by atoms with Gasteiger partial charge in [-0.2, -0.15) is 0 Å². The van der Waals surface area contributed by atoms with Crippen molar-refractivity contribution in [3.8, 4) is 5.75 Å². The molecule has 0 atom stereocenters. The first-order chi connectivity index (χ1) is 15.6. The zero-order valence-corrected chi connectivity index (χ0v) is 18.9. The number of rotatable bonds is 7. The van der Waals surface area contributed by atoms with Crippen LogP contribution in [0.3, 0.4) is 0 Å². The van der Waals surface area contributed by atoms with Crippen LogP contribution in [0.5, 0.6) is 5.75 Å². The van der Waals surface area contributed by atoms with Gasteiger partial charge in [0.2, 0.25) is 0 Å². The molecule has 1 saturated heterocycles. The van der Waals surface area contributed by atoms with E-state index in [0.29, 0.717) is 21.6 Å². The van der Waals surface area contributed by atoms with Crippen molar-refractivity contribution in [3.05, 3.63) is 76.5 Å². The van der Waals surface area contributed by atoms with Crippen molar-refractivity contribution in [2.24, 2.45) is 0 Å². The molecule has 1 amide bonds. The van der Waals surface area contributed by atoms with Crippen LogP contribution < -0.4 is 15.0 Å². The summed E-state index contributed by atoms with van der Waals surface area (Å²) in [6.45, 7) is 4.34. The van der Waals surface area contributed by atoms with Gasteiger partial charge in [-0.3, -0.25) is 9.69 Å². The zero-order chi connectivity index (χ0) is 22.3. The monoisotopic (exact) mass is 471 g/mol. The lowest BCUT2D eigenvalue weighted by atomic mass is 10.2. The third-order valence-electron chi connectivity index (χ3n) is 5.12. The Morgan fingerprint density at radius 2 is 1.78 bits per heavy atom. The number of hydrogen-bond acceptors (Lipinski definition) is 6. The molecule has 1 N–H and O–H groups in total. The molecule has 1 aliphatic rings. The second kappa shape index (κ2) is 10.6. The standard InChI is InChI=1S/C23H23Cl2N5O2/c24-18-6-7-20(19(25)12-18)32-15-23(31)28-21-13-22(27-16-26-21)30-10-8-29(9-11-30)14-17-4-2-1-3-5-17/h1-7,12-13,16H,8-11,14-15H2,(H,26,27,28,31). The summed E-state index contributed by atoms with van der Waals surface area (Å²) >= 11 is 11.9. The molecule has 0 aliphatic carbocycles. The molecule has 2 aromatic carbocycles. The number of carbonyl (C=O) groups excluding carboxylic acids is 1. The van der Waals surface area contributed by atoms with Crippen molar-refractivity contribution in [2.75, 3.05) is 43.0 Å². The third kappa shape index (κ3) is 6.09. The number of carbonyl (C=O) groups is 1. The number of halogens is 2. The van der Waals surface area contributed by atoms with Gasteiger partial charge in [0.15, 0.2) is 6.61 Å². The quantitative estimate of drug-likeness (QED) is 0.558. The molecule has 32 heavy (non-hydrogen) atoms. The van der Waals surface area contributed by atoms with E-state index in [-0.39, 0.29) is 12.5 Å². The van der Waals surface area contributed by atoms with E-state index >= 15 is 0 Å². The maximum atomic E-state index is 12.3. The number of nitrogens with zero attached hydrogens (tertiary/aromatic N) is 4. The predicted octanol–water partition coefficient (Wildman–Crippen LogP) is 4.12. The van der Waals surface area contributed by atoms with Gasteiger partial charge in [0.25, 0.3) is 5.91 Å². The molecule has 0 saturated carbocycles. The van der Waals surface area contributed by atoms with E-state index in [9.17, 15) is 4.79 Å². The highest BCUT2D eigenvalue weighted by molar-refractivity contribution is 6.35. The summed E-state index contributed by atoms with van der Waals surface area (Å²) in [6.07, 6.45) is 1.46. The first kappa shape index (κ1) is 22.3. The molecule has 4 rings (SSSR count). The Hall–Kier alpha value is -2.87. The van der Waals surface area contributed by atoms with Crippen LogP contribution in [0.2, 0.25) is 10.0 Å². The Morgan fingerprint density at radius 1 is 1.00 bits per heavy atom. The highest BCUT2D eigenvalue weighted by Crippen LogP contribution is 2.27.